The van der Waals surface area contributed by atoms with Crippen molar-refractivity contribution in [1.29, 1.82) is 0 Å². The standard InChI is InChI=1S/C14H13.C11H11O3P.C11H14/c1-12-8-6-4-2-3-5-7-9-14(12)13-10-11-13;1-15(12,13)14-11-8-4-6-9-5-2-3-7-10(9)11;1-2-3-5-8-11-9-6-4-7-10-11/h2,4-11H,1,3H2;2-8H,1H3,(H,12,13);2-9,11H,10H2,1H3/b4-2-,7-5-,8-6-,14-9+;;3-2-,8-5-. The smallest absolute Gasteiger partial charge is 0.373 e. The fourth-order valence-corrected chi connectivity index (χ4v) is 4.39. The maximum absolute atomic E-state index is 11.2. The average molecular weight is 550 g/mol. The molecule has 40 heavy (non-hydrogen) atoms. The van der Waals surface area contributed by atoms with Crippen molar-refractivity contribution in [3.8, 4) is 5.75 Å². The summed E-state index contributed by atoms with van der Waals surface area (Å²) in [7, 11) is -3.49. The Kier molecular flexibility index (Phi) is 12.4. The number of allylic oxidation sites excluding steroid dienone is 19. The molecule has 0 saturated heterocycles. The first-order valence-corrected chi connectivity index (χ1v) is 15.4. The molecule has 3 nitrogen and oxygen atoms in total. The summed E-state index contributed by atoms with van der Waals surface area (Å²) in [6.07, 6.45) is 38.1. The van der Waals surface area contributed by atoms with E-state index in [2.05, 4.69) is 98.1 Å². The minimum absolute atomic E-state index is 0.446. The van der Waals surface area contributed by atoms with E-state index in [0.29, 0.717) is 11.7 Å². The SMILES string of the molecule is C/C=C\C=C/C1C=CC=CC1.C=C1/C=C\C=C/C/C=C\C=C/1C1=C[CH]1.CP(=O)(O)Oc1cccc2ccccc12. The monoisotopic (exact) mass is 549 g/mol. The van der Waals surface area contributed by atoms with Crippen LogP contribution in [0, 0.1) is 12.3 Å². The van der Waals surface area contributed by atoms with E-state index in [-0.39, 0.29) is 0 Å². The molecule has 1 radical (unpaired) electrons. The first-order valence-electron chi connectivity index (χ1n) is 13.4. The van der Waals surface area contributed by atoms with Crippen molar-refractivity contribution in [1.82, 2.24) is 0 Å². The molecule has 1 N–H and O–H groups in total. The predicted octanol–water partition coefficient (Wildman–Crippen LogP) is 9.97. The highest BCUT2D eigenvalue weighted by atomic mass is 31.2. The van der Waals surface area contributed by atoms with Gasteiger partial charge in [-0.15, -0.1) is 0 Å². The molecule has 5 rings (SSSR count). The highest BCUT2D eigenvalue weighted by Crippen LogP contribution is 2.40. The summed E-state index contributed by atoms with van der Waals surface area (Å²) < 4.78 is 16.2. The van der Waals surface area contributed by atoms with Crippen LogP contribution in [0.2, 0.25) is 0 Å². The van der Waals surface area contributed by atoms with Crippen LogP contribution in [-0.2, 0) is 4.57 Å². The van der Waals surface area contributed by atoms with Gasteiger partial charge in [0.05, 0.1) is 0 Å². The van der Waals surface area contributed by atoms with Crippen molar-refractivity contribution < 1.29 is 14.0 Å². The largest absolute Gasteiger partial charge is 0.424 e. The predicted molar refractivity (Wildman–Crippen MR) is 172 cm³/mol. The van der Waals surface area contributed by atoms with Crippen molar-refractivity contribution in [3.63, 3.8) is 0 Å². The lowest BCUT2D eigenvalue weighted by atomic mass is 10.0. The molecule has 0 aromatic heterocycles. The first-order chi connectivity index (χ1) is 19.4. The van der Waals surface area contributed by atoms with Crippen molar-refractivity contribution >= 4 is 18.4 Å². The van der Waals surface area contributed by atoms with Crippen LogP contribution < -0.4 is 4.52 Å². The van der Waals surface area contributed by atoms with Crippen LogP contribution in [-0.4, -0.2) is 11.6 Å². The molecule has 0 bridgehead atoms. The Morgan fingerprint density at radius 2 is 1.70 bits per heavy atom. The van der Waals surface area contributed by atoms with Gasteiger partial charge in [0.15, 0.2) is 0 Å². The normalized spacial score (nSPS) is 23.0. The quantitative estimate of drug-likeness (QED) is 0.298. The van der Waals surface area contributed by atoms with Crippen LogP contribution in [0.1, 0.15) is 19.8 Å². The van der Waals surface area contributed by atoms with E-state index in [1.807, 2.05) is 49.4 Å². The third-order valence-corrected chi connectivity index (χ3v) is 6.43. The summed E-state index contributed by atoms with van der Waals surface area (Å²) in [5.74, 6) is 1.05. The minimum atomic E-state index is -3.49. The Morgan fingerprint density at radius 3 is 2.42 bits per heavy atom. The summed E-state index contributed by atoms with van der Waals surface area (Å²) >= 11 is 0. The van der Waals surface area contributed by atoms with Gasteiger partial charge < -0.3 is 9.42 Å². The fourth-order valence-electron chi connectivity index (χ4n) is 3.87. The van der Waals surface area contributed by atoms with Crippen molar-refractivity contribution in [2.75, 3.05) is 6.66 Å². The second kappa shape index (κ2) is 16.3. The summed E-state index contributed by atoms with van der Waals surface area (Å²) in [5, 5.41) is 1.83. The third kappa shape index (κ3) is 11.5. The van der Waals surface area contributed by atoms with Gasteiger partial charge in [-0.1, -0.05) is 140 Å². The van der Waals surface area contributed by atoms with E-state index in [9.17, 15) is 4.57 Å². The van der Waals surface area contributed by atoms with E-state index in [4.69, 9.17) is 9.42 Å². The molecule has 4 heteroatoms. The highest BCUT2D eigenvalue weighted by Gasteiger charge is 2.14. The lowest BCUT2D eigenvalue weighted by molar-refractivity contribution is 0.389. The van der Waals surface area contributed by atoms with Gasteiger partial charge in [-0.25, -0.2) is 4.57 Å². The van der Waals surface area contributed by atoms with Crippen LogP contribution in [0.15, 0.2) is 163 Å². The van der Waals surface area contributed by atoms with Crippen LogP contribution in [0.5, 0.6) is 5.75 Å². The van der Waals surface area contributed by atoms with E-state index in [1.165, 1.54) is 17.8 Å². The zero-order valence-corrected chi connectivity index (χ0v) is 24.2. The average Bonchev–Trinajstić information content (AvgIpc) is 3.79. The van der Waals surface area contributed by atoms with E-state index in [0.717, 1.165) is 29.2 Å². The summed E-state index contributed by atoms with van der Waals surface area (Å²) in [6, 6.07) is 13.0. The molecule has 3 aliphatic rings. The van der Waals surface area contributed by atoms with Gasteiger partial charge in [-0.05, 0) is 53.9 Å². The molecule has 2 unspecified atom stereocenters. The van der Waals surface area contributed by atoms with Gasteiger partial charge in [0.2, 0.25) is 0 Å². The zero-order chi connectivity index (χ0) is 28.6. The third-order valence-electron chi connectivity index (χ3n) is 5.90. The molecule has 0 heterocycles. The van der Waals surface area contributed by atoms with Crippen molar-refractivity contribution in [2.45, 2.75) is 19.8 Å². The van der Waals surface area contributed by atoms with Crippen LogP contribution in [0.3, 0.4) is 0 Å². The molecule has 0 aliphatic heterocycles. The number of rotatable bonds is 5. The van der Waals surface area contributed by atoms with Crippen LogP contribution >= 0.6 is 7.60 Å². The van der Waals surface area contributed by atoms with Crippen LogP contribution in [0.25, 0.3) is 10.8 Å². The number of benzene rings is 2. The summed E-state index contributed by atoms with van der Waals surface area (Å²) in [4.78, 5) is 9.16. The molecule has 2 atom stereocenters. The van der Waals surface area contributed by atoms with Gasteiger partial charge >= 0.3 is 7.60 Å². The second-order valence-electron chi connectivity index (χ2n) is 9.34. The zero-order valence-electron chi connectivity index (χ0n) is 23.3. The molecule has 0 spiro atoms. The molecule has 2 aromatic rings. The van der Waals surface area contributed by atoms with Gasteiger partial charge in [-0.2, -0.15) is 0 Å². The fraction of sp³-hybridized carbons (Fsp3) is 0.139. The molecule has 0 saturated carbocycles. The molecule has 0 fully saturated rings. The Hall–Kier alpha value is -3.91. The molecule has 2 aromatic carbocycles. The Bertz CT molecular complexity index is 1460. The van der Waals surface area contributed by atoms with Gasteiger partial charge in [-0.3, -0.25) is 0 Å². The Balaban J connectivity index is 0.000000168. The first kappa shape index (κ1) is 30.6. The Labute approximate surface area is 239 Å². The molecule has 205 valence electrons. The topological polar surface area (TPSA) is 46.5 Å². The number of hydrogen-bond donors (Lipinski definition) is 1. The highest BCUT2D eigenvalue weighted by molar-refractivity contribution is 7.52. The summed E-state index contributed by atoms with van der Waals surface area (Å²) in [6.45, 7) is 7.25. The molecular formula is C36H38O3P. The number of fused-ring (bicyclic) bond motifs is 1. The van der Waals surface area contributed by atoms with Crippen molar-refractivity contribution in [2.24, 2.45) is 5.92 Å². The molecular weight excluding hydrogens is 511 g/mol. The molecule has 0 amide bonds. The van der Waals surface area contributed by atoms with Crippen LogP contribution in [0.4, 0.5) is 0 Å². The van der Waals surface area contributed by atoms with Crippen molar-refractivity contribution in [3.05, 3.63) is 169 Å². The lowest BCUT2D eigenvalue weighted by Gasteiger charge is -2.10. The van der Waals surface area contributed by atoms with Gasteiger partial charge in [0, 0.05) is 18.5 Å². The van der Waals surface area contributed by atoms with E-state index in [1.54, 1.807) is 12.1 Å². The van der Waals surface area contributed by atoms with Gasteiger partial charge in [0.25, 0.3) is 0 Å². The Morgan fingerprint density at radius 1 is 0.950 bits per heavy atom. The minimum Gasteiger partial charge on any atom is -0.424 e. The molecule has 3 aliphatic carbocycles. The second-order valence-corrected chi connectivity index (χ2v) is 11.1. The number of hydrogen-bond acceptors (Lipinski definition) is 2. The summed E-state index contributed by atoms with van der Waals surface area (Å²) in [5.41, 5.74) is 3.60. The maximum atomic E-state index is 11.2. The lowest BCUT2D eigenvalue weighted by Crippen LogP contribution is -1.91. The van der Waals surface area contributed by atoms with E-state index >= 15 is 0 Å². The maximum Gasteiger partial charge on any atom is 0.373 e. The van der Waals surface area contributed by atoms with Gasteiger partial charge in [0.1, 0.15) is 5.75 Å². The van der Waals surface area contributed by atoms with E-state index < -0.39 is 7.60 Å².